The Morgan fingerprint density at radius 2 is 1.88 bits per heavy atom. The van der Waals surface area contributed by atoms with Crippen LogP contribution in [0.3, 0.4) is 0 Å². The van der Waals surface area contributed by atoms with Gasteiger partial charge in [0.15, 0.2) is 0 Å². The molecule has 0 aliphatic heterocycles. The van der Waals surface area contributed by atoms with Crippen molar-refractivity contribution in [1.29, 1.82) is 0 Å². The SMILES string of the molecule is CCCCCNc1cc(NC(C)C)nc(C)n1. The van der Waals surface area contributed by atoms with Gasteiger partial charge in [0.1, 0.15) is 17.5 Å². The van der Waals surface area contributed by atoms with E-state index < -0.39 is 0 Å². The van der Waals surface area contributed by atoms with Gasteiger partial charge in [-0.15, -0.1) is 0 Å². The van der Waals surface area contributed by atoms with Crippen LogP contribution in [-0.4, -0.2) is 22.6 Å². The average molecular weight is 236 g/mol. The van der Waals surface area contributed by atoms with Gasteiger partial charge in [0, 0.05) is 18.7 Å². The second kappa shape index (κ2) is 7.09. The lowest BCUT2D eigenvalue weighted by atomic mass is 10.2. The minimum absolute atomic E-state index is 0.386. The van der Waals surface area contributed by atoms with Crippen molar-refractivity contribution in [2.75, 3.05) is 17.2 Å². The van der Waals surface area contributed by atoms with Crippen molar-refractivity contribution >= 4 is 11.6 Å². The number of hydrogen-bond donors (Lipinski definition) is 2. The minimum atomic E-state index is 0.386. The van der Waals surface area contributed by atoms with Crippen molar-refractivity contribution in [3.8, 4) is 0 Å². The summed E-state index contributed by atoms with van der Waals surface area (Å²) in [6, 6.07) is 2.36. The molecule has 2 N–H and O–H groups in total. The second-order valence-electron chi connectivity index (χ2n) is 4.62. The largest absolute Gasteiger partial charge is 0.370 e. The molecule has 1 aromatic heterocycles. The first-order valence-corrected chi connectivity index (χ1v) is 6.48. The molecule has 1 heterocycles. The van der Waals surface area contributed by atoms with Crippen LogP contribution < -0.4 is 10.6 Å². The number of rotatable bonds is 7. The molecule has 17 heavy (non-hydrogen) atoms. The van der Waals surface area contributed by atoms with E-state index in [4.69, 9.17) is 0 Å². The van der Waals surface area contributed by atoms with E-state index in [1.165, 1.54) is 19.3 Å². The third-order valence-electron chi connectivity index (χ3n) is 2.36. The molecule has 0 bridgehead atoms. The lowest BCUT2D eigenvalue weighted by Gasteiger charge is -2.12. The van der Waals surface area contributed by atoms with Gasteiger partial charge in [-0.2, -0.15) is 0 Å². The molecule has 0 spiro atoms. The Labute approximate surface area is 104 Å². The molecule has 0 saturated carbocycles. The maximum Gasteiger partial charge on any atom is 0.131 e. The van der Waals surface area contributed by atoms with Gasteiger partial charge in [-0.1, -0.05) is 19.8 Å². The lowest BCUT2D eigenvalue weighted by Crippen LogP contribution is -2.13. The number of aromatic nitrogens is 2. The summed E-state index contributed by atoms with van der Waals surface area (Å²) in [4.78, 5) is 8.73. The van der Waals surface area contributed by atoms with E-state index in [0.717, 1.165) is 24.0 Å². The van der Waals surface area contributed by atoms with E-state index in [9.17, 15) is 0 Å². The van der Waals surface area contributed by atoms with Gasteiger partial charge < -0.3 is 10.6 Å². The van der Waals surface area contributed by atoms with E-state index in [0.29, 0.717) is 6.04 Å². The van der Waals surface area contributed by atoms with Crippen LogP contribution in [0.1, 0.15) is 45.9 Å². The summed E-state index contributed by atoms with van der Waals surface area (Å²) in [5.74, 6) is 2.61. The molecule has 4 heteroatoms. The van der Waals surface area contributed by atoms with E-state index >= 15 is 0 Å². The minimum Gasteiger partial charge on any atom is -0.370 e. The number of nitrogens with one attached hydrogen (secondary N) is 2. The topological polar surface area (TPSA) is 49.8 Å². The third-order valence-corrected chi connectivity index (χ3v) is 2.36. The third kappa shape index (κ3) is 5.52. The van der Waals surface area contributed by atoms with E-state index in [1.807, 2.05) is 13.0 Å². The summed E-state index contributed by atoms with van der Waals surface area (Å²) in [5, 5.41) is 6.64. The smallest absolute Gasteiger partial charge is 0.131 e. The van der Waals surface area contributed by atoms with Crippen molar-refractivity contribution in [3.05, 3.63) is 11.9 Å². The van der Waals surface area contributed by atoms with Crippen LogP contribution >= 0.6 is 0 Å². The maximum absolute atomic E-state index is 4.38. The predicted octanol–water partition coefficient (Wildman–Crippen LogP) is 3.21. The summed E-state index contributed by atoms with van der Waals surface area (Å²) in [5.41, 5.74) is 0. The first-order valence-electron chi connectivity index (χ1n) is 6.48. The van der Waals surface area contributed by atoms with Gasteiger partial charge in [-0.05, 0) is 27.2 Å². The van der Waals surface area contributed by atoms with E-state index in [1.54, 1.807) is 0 Å². The molecule has 0 saturated heterocycles. The average Bonchev–Trinajstić information content (AvgIpc) is 2.22. The Kier molecular flexibility index (Phi) is 5.73. The molecule has 1 aromatic rings. The summed E-state index contributed by atoms with van der Waals surface area (Å²) in [6.07, 6.45) is 3.69. The Hall–Kier alpha value is -1.32. The van der Waals surface area contributed by atoms with E-state index in [2.05, 4.69) is 41.4 Å². The van der Waals surface area contributed by atoms with Crippen LogP contribution in [0.5, 0.6) is 0 Å². The molecule has 0 aromatic carbocycles. The van der Waals surface area contributed by atoms with Crippen molar-refractivity contribution < 1.29 is 0 Å². The van der Waals surface area contributed by atoms with Gasteiger partial charge in [-0.25, -0.2) is 9.97 Å². The fraction of sp³-hybridized carbons (Fsp3) is 0.692. The zero-order chi connectivity index (χ0) is 12.7. The van der Waals surface area contributed by atoms with E-state index in [-0.39, 0.29) is 0 Å². The van der Waals surface area contributed by atoms with Crippen molar-refractivity contribution in [1.82, 2.24) is 9.97 Å². The number of aryl methyl sites for hydroxylation is 1. The summed E-state index contributed by atoms with van der Waals surface area (Å²) < 4.78 is 0. The Balaban J connectivity index is 2.56. The highest BCUT2D eigenvalue weighted by atomic mass is 15.1. The fourth-order valence-electron chi connectivity index (χ4n) is 1.62. The lowest BCUT2D eigenvalue weighted by molar-refractivity contribution is 0.741. The zero-order valence-electron chi connectivity index (χ0n) is 11.4. The summed E-state index contributed by atoms with van der Waals surface area (Å²) >= 11 is 0. The zero-order valence-corrected chi connectivity index (χ0v) is 11.4. The number of hydrogen-bond acceptors (Lipinski definition) is 4. The molecule has 0 unspecified atom stereocenters. The van der Waals surface area contributed by atoms with Crippen LogP contribution in [0.25, 0.3) is 0 Å². The van der Waals surface area contributed by atoms with Gasteiger partial charge in [0.05, 0.1) is 0 Å². The maximum atomic E-state index is 4.38. The monoisotopic (exact) mass is 236 g/mol. The van der Waals surface area contributed by atoms with Gasteiger partial charge in [-0.3, -0.25) is 0 Å². The molecular formula is C13H24N4. The van der Waals surface area contributed by atoms with Crippen molar-refractivity contribution in [3.63, 3.8) is 0 Å². The number of anilines is 2. The Morgan fingerprint density at radius 3 is 2.53 bits per heavy atom. The first kappa shape index (κ1) is 13.7. The van der Waals surface area contributed by atoms with Crippen LogP contribution in [0, 0.1) is 6.92 Å². The first-order chi connectivity index (χ1) is 8.11. The normalized spacial score (nSPS) is 10.6. The highest BCUT2D eigenvalue weighted by molar-refractivity contribution is 5.47. The Morgan fingerprint density at radius 1 is 1.18 bits per heavy atom. The van der Waals surface area contributed by atoms with Gasteiger partial charge in [0.25, 0.3) is 0 Å². The van der Waals surface area contributed by atoms with Crippen LogP contribution in [0.4, 0.5) is 11.6 Å². The highest BCUT2D eigenvalue weighted by Crippen LogP contribution is 2.12. The molecule has 0 atom stereocenters. The molecule has 0 fully saturated rings. The summed E-state index contributed by atoms with van der Waals surface area (Å²) in [7, 11) is 0. The molecule has 0 amide bonds. The Bertz CT molecular complexity index is 336. The highest BCUT2D eigenvalue weighted by Gasteiger charge is 2.02. The van der Waals surface area contributed by atoms with Crippen molar-refractivity contribution in [2.45, 2.75) is 53.0 Å². The predicted molar refractivity (Wildman–Crippen MR) is 73.5 cm³/mol. The quantitative estimate of drug-likeness (QED) is 0.714. The molecule has 96 valence electrons. The summed E-state index contributed by atoms with van der Waals surface area (Å²) in [6.45, 7) is 9.31. The van der Waals surface area contributed by atoms with Gasteiger partial charge in [0.2, 0.25) is 0 Å². The van der Waals surface area contributed by atoms with Crippen LogP contribution in [-0.2, 0) is 0 Å². The molecule has 0 radical (unpaired) electrons. The van der Waals surface area contributed by atoms with Gasteiger partial charge >= 0.3 is 0 Å². The number of unbranched alkanes of at least 4 members (excludes halogenated alkanes) is 2. The molecule has 0 aliphatic rings. The van der Waals surface area contributed by atoms with Crippen LogP contribution in [0.2, 0.25) is 0 Å². The molecule has 4 nitrogen and oxygen atoms in total. The number of nitrogens with zero attached hydrogens (tertiary/aromatic N) is 2. The van der Waals surface area contributed by atoms with Crippen molar-refractivity contribution in [2.24, 2.45) is 0 Å². The molecule has 1 rings (SSSR count). The second-order valence-corrected chi connectivity index (χ2v) is 4.62. The standard InChI is InChI=1S/C13H24N4/c1-5-6-7-8-14-12-9-13(15-10(2)3)17-11(4)16-12/h9-10H,5-8H2,1-4H3,(H2,14,15,16,17). The fourth-order valence-corrected chi connectivity index (χ4v) is 1.62. The molecular weight excluding hydrogens is 212 g/mol. The molecule has 0 aliphatic carbocycles. The van der Waals surface area contributed by atoms with Crippen LogP contribution in [0.15, 0.2) is 6.07 Å².